The Labute approximate surface area is 114 Å². The standard InChI is InChI=1S/C13H15BrN2S/c1-9-8-17-13(16-9)7-15-10(2)11-5-3-4-6-12(11)14/h3-6,8,10,15H,7H2,1-2H3/t10-/m1/s1. The SMILES string of the molecule is Cc1csc(CN[C@H](C)c2ccccc2Br)n1. The summed E-state index contributed by atoms with van der Waals surface area (Å²) in [5.74, 6) is 0. The highest BCUT2D eigenvalue weighted by Crippen LogP contribution is 2.23. The Kier molecular flexibility index (Phi) is 4.31. The second-order valence-corrected chi connectivity index (χ2v) is 5.80. The first kappa shape index (κ1) is 12.7. The number of aryl methyl sites for hydroxylation is 1. The fourth-order valence-corrected chi connectivity index (χ4v) is 3.01. The number of hydrogen-bond acceptors (Lipinski definition) is 3. The second-order valence-electron chi connectivity index (χ2n) is 4.01. The van der Waals surface area contributed by atoms with E-state index in [1.807, 2.05) is 13.0 Å². The molecule has 90 valence electrons. The Balaban J connectivity index is 1.98. The Morgan fingerprint density at radius 3 is 2.82 bits per heavy atom. The molecular weight excluding hydrogens is 296 g/mol. The van der Waals surface area contributed by atoms with Gasteiger partial charge in [0.1, 0.15) is 5.01 Å². The van der Waals surface area contributed by atoms with Crippen molar-refractivity contribution in [2.24, 2.45) is 0 Å². The summed E-state index contributed by atoms with van der Waals surface area (Å²) in [6.07, 6.45) is 0. The highest BCUT2D eigenvalue weighted by atomic mass is 79.9. The van der Waals surface area contributed by atoms with Gasteiger partial charge < -0.3 is 5.32 Å². The van der Waals surface area contributed by atoms with Crippen LogP contribution in [0.4, 0.5) is 0 Å². The van der Waals surface area contributed by atoms with Gasteiger partial charge in [0.15, 0.2) is 0 Å². The number of hydrogen-bond donors (Lipinski definition) is 1. The van der Waals surface area contributed by atoms with Crippen LogP contribution in [0.15, 0.2) is 34.1 Å². The summed E-state index contributed by atoms with van der Waals surface area (Å²) < 4.78 is 1.15. The van der Waals surface area contributed by atoms with E-state index in [1.165, 1.54) is 5.56 Å². The highest BCUT2D eigenvalue weighted by Gasteiger charge is 2.08. The number of nitrogens with zero attached hydrogens (tertiary/aromatic N) is 1. The smallest absolute Gasteiger partial charge is 0.107 e. The van der Waals surface area contributed by atoms with Crippen molar-refractivity contribution in [3.05, 3.63) is 50.4 Å². The van der Waals surface area contributed by atoms with Crippen LogP contribution in [0, 0.1) is 6.92 Å². The van der Waals surface area contributed by atoms with E-state index in [9.17, 15) is 0 Å². The molecule has 2 rings (SSSR count). The van der Waals surface area contributed by atoms with Gasteiger partial charge in [0.05, 0.1) is 0 Å². The topological polar surface area (TPSA) is 24.9 Å². The minimum absolute atomic E-state index is 0.315. The average molecular weight is 311 g/mol. The zero-order valence-electron chi connectivity index (χ0n) is 9.90. The normalized spacial score (nSPS) is 12.6. The second kappa shape index (κ2) is 5.76. The third kappa shape index (κ3) is 3.37. The lowest BCUT2D eigenvalue weighted by molar-refractivity contribution is 0.571. The summed E-state index contributed by atoms with van der Waals surface area (Å²) in [4.78, 5) is 4.44. The van der Waals surface area contributed by atoms with E-state index in [2.05, 4.69) is 56.7 Å². The van der Waals surface area contributed by atoms with Gasteiger partial charge >= 0.3 is 0 Å². The molecule has 0 amide bonds. The first-order valence-electron chi connectivity index (χ1n) is 5.55. The molecule has 0 aliphatic rings. The molecule has 0 unspecified atom stereocenters. The maximum absolute atomic E-state index is 4.44. The maximum Gasteiger partial charge on any atom is 0.107 e. The van der Waals surface area contributed by atoms with Crippen LogP contribution < -0.4 is 5.32 Å². The molecule has 1 heterocycles. The third-order valence-electron chi connectivity index (χ3n) is 2.60. The number of thiazole rings is 1. The van der Waals surface area contributed by atoms with Crippen molar-refractivity contribution in [3.8, 4) is 0 Å². The van der Waals surface area contributed by atoms with E-state index in [0.29, 0.717) is 6.04 Å². The lowest BCUT2D eigenvalue weighted by Gasteiger charge is -2.14. The molecule has 0 aliphatic carbocycles. The molecular formula is C13H15BrN2S. The molecule has 1 N–H and O–H groups in total. The predicted octanol–water partition coefficient (Wildman–Crippen LogP) is 4.06. The Morgan fingerprint density at radius 1 is 1.41 bits per heavy atom. The van der Waals surface area contributed by atoms with Crippen LogP contribution in [0.5, 0.6) is 0 Å². The van der Waals surface area contributed by atoms with E-state index in [1.54, 1.807) is 11.3 Å². The summed E-state index contributed by atoms with van der Waals surface area (Å²) in [6, 6.07) is 8.61. The largest absolute Gasteiger partial charge is 0.304 e. The van der Waals surface area contributed by atoms with Gasteiger partial charge in [-0.05, 0) is 25.5 Å². The number of halogens is 1. The van der Waals surface area contributed by atoms with Gasteiger partial charge in [-0.2, -0.15) is 0 Å². The van der Waals surface area contributed by atoms with Crippen molar-refractivity contribution in [3.63, 3.8) is 0 Å². The molecule has 1 aromatic heterocycles. The molecule has 1 atom stereocenters. The molecule has 0 saturated heterocycles. The molecule has 2 aromatic rings. The predicted molar refractivity (Wildman–Crippen MR) is 76.2 cm³/mol. The van der Waals surface area contributed by atoms with Crippen molar-refractivity contribution in [2.45, 2.75) is 26.4 Å². The summed E-state index contributed by atoms with van der Waals surface area (Å²) in [5.41, 5.74) is 2.38. The molecule has 0 saturated carbocycles. The van der Waals surface area contributed by atoms with E-state index >= 15 is 0 Å². The van der Waals surface area contributed by atoms with Gasteiger partial charge in [-0.3, -0.25) is 0 Å². The van der Waals surface area contributed by atoms with E-state index in [-0.39, 0.29) is 0 Å². The van der Waals surface area contributed by atoms with Crippen molar-refractivity contribution >= 4 is 27.3 Å². The van der Waals surface area contributed by atoms with Gasteiger partial charge in [-0.1, -0.05) is 34.1 Å². The van der Waals surface area contributed by atoms with E-state index < -0.39 is 0 Å². The summed E-state index contributed by atoms with van der Waals surface area (Å²) in [7, 11) is 0. The van der Waals surface area contributed by atoms with Gasteiger partial charge in [-0.15, -0.1) is 11.3 Å². The molecule has 0 spiro atoms. The van der Waals surface area contributed by atoms with Crippen LogP contribution in [0.25, 0.3) is 0 Å². The Hall–Kier alpha value is -0.710. The van der Waals surface area contributed by atoms with Crippen LogP contribution >= 0.6 is 27.3 Å². The van der Waals surface area contributed by atoms with E-state index in [0.717, 1.165) is 21.7 Å². The Bertz CT molecular complexity index is 496. The third-order valence-corrected chi connectivity index (χ3v) is 4.29. The van der Waals surface area contributed by atoms with Crippen LogP contribution in [-0.2, 0) is 6.54 Å². The van der Waals surface area contributed by atoms with Crippen molar-refractivity contribution in [1.29, 1.82) is 0 Å². The number of rotatable bonds is 4. The van der Waals surface area contributed by atoms with Gasteiger partial charge in [0.2, 0.25) is 0 Å². The zero-order chi connectivity index (χ0) is 12.3. The Morgan fingerprint density at radius 2 is 2.18 bits per heavy atom. The number of benzene rings is 1. The fraction of sp³-hybridized carbons (Fsp3) is 0.308. The lowest BCUT2D eigenvalue weighted by atomic mass is 10.1. The summed E-state index contributed by atoms with van der Waals surface area (Å²) in [6.45, 7) is 5.01. The van der Waals surface area contributed by atoms with Crippen molar-refractivity contribution < 1.29 is 0 Å². The van der Waals surface area contributed by atoms with Crippen molar-refractivity contribution in [2.75, 3.05) is 0 Å². The molecule has 0 aliphatic heterocycles. The minimum Gasteiger partial charge on any atom is -0.304 e. The fourth-order valence-electron chi connectivity index (χ4n) is 1.66. The molecule has 0 radical (unpaired) electrons. The monoisotopic (exact) mass is 310 g/mol. The average Bonchev–Trinajstić information content (AvgIpc) is 2.73. The van der Waals surface area contributed by atoms with Crippen LogP contribution in [0.2, 0.25) is 0 Å². The van der Waals surface area contributed by atoms with Gasteiger partial charge in [0, 0.05) is 28.1 Å². The first-order valence-corrected chi connectivity index (χ1v) is 7.23. The van der Waals surface area contributed by atoms with Gasteiger partial charge in [0.25, 0.3) is 0 Å². The first-order chi connectivity index (χ1) is 8.16. The molecule has 17 heavy (non-hydrogen) atoms. The minimum atomic E-state index is 0.315. The van der Waals surface area contributed by atoms with Crippen LogP contribution in [0.1, 0.15) is 29.2 Å². The van der Waals surface area contributed by atoms with Gasteiger partial charge in [-0.25, -0.2) is 4.98 Å². The quantitative estimate of drug-likeness (QED) is 0.921. The summed E-state index contributed by atoms with van der Waals surface area (Å²) in [5, 5.41) is 6.71. The van der Waals surface area contributed by atoms with Crippen LogP contribution in [0.3, 0.4) is 0 Å². The maximum atomic E-state index is 4.44. The van der Waals surface area contributed by atoms with Crippen LogP contribution in [-0.4, -0.2) is 4.98 Å². The highest BCUT2D eigenvalue weighted by molar-refractivity contribution is 9.10. The lowest BCUT2D eigenvalue weighted by Crippen LogP contribution is -2.18. The van der Waals surface area contributed by atoms with E-state index in [4.69, 9.17) is 0 Å². The van der Waals surface area contributed by atoms with Crippen molar-refractivity contribution in [1.82, 2.24) is 10.3 Å². The molecule has 0 fully saturated rings. The summed E-state index contributed by atoms with van der Waals surface area (Å²) >= 11 is 5.28. The number of aromatic nitrogens is 1. The molecule has 1 aromatic carbocycles. The molecule has 2 nitrogen and oxygen atoms in total. The number of nitrogens with one attached hydrogen (secondary N) is 1. The zero-order valence-corrected chi connectivity index (χ0v) is 12.3. The molecule has 0 bridgehead atoms. The molecule has 4 heteroatoms.